The van der Waals surface area contributed by atoms with Crippen molar-refractivity contribution in [1.29, 1.82) is 0 Å². The van der Waals surface area contributed by atoms with Crippen LogP contribution in [0.1, 0.15) is 58.8 Å². The third kappa shape index (κ3) is 3.33. The number of amides is 1. The molecular weight excluding hydrogens is 276 g/mol. The molecule has 4 nitrogen and oxygen atoms in total. The van der Waals surface area contributed by atoms with Crippen LogP contribution in [0.15, 0.2) is 0 Å². The standard InChI is InChI=1S/C18H32N2O2/c1-3-17(22-14-6-4-5-12(2)9-14)18(21)20-10-13-7-8-16(19)15(13)11-20/h12-17H,3-11,19H2,1-2H3. The minimum atomic E-state index is -0.245. The van der Waals surface area contributed by atoms with E-state index < -0.39 is 0 Å². The molecule has 1 heterocycles. The molecule has 0 aromatic heterocycles. The number of nitrogens with two attached hydrogens (primary N) is 1. The number of rotatable bonds is 4. The van der Waals surface area contributed by atoms with Crippen molar-refractivity contribution in [3.8, 4) is 0 Å². The van der Waals surface area contributed by atoms with Gasteiger partial charge in [0.05, 0.1) is 6.10 Å². The number of nitrogens with zero attached hydrogens (tertiary/aromatic N) is 1. The maximum atomic E-state index is 12.8. The van der Waals surface area contributed by atoms with Crippen LogP contribution in [-0.2, 0) is 9.53 Å². The zero-order valence-corrected chi connectivity index (χ0v) is 14.2. The van der Waals surface area contributed by atoms with Gasteiger partial charge >= 0.3 is 0 Å². The van der Waals surface area contributed by atoms with Gasteiger partial charge in [-0.05, 0) is 49.9 Å². The van der Waals surface area contributed by atoms with Crippen LogP contribution in [0.4, 0.5) is 0 Å². The summed E-state index contributed by atoms with van der Waals surface area (Å²) < 4.78 is 6.21. The summed E-state index contributed by atoms with van der Waals surface area (Å²) in [5, 5.41) is 0. The average Bonchev–Trinajstić information content (AvgIpc) is 3.07. The first-order valence-corrected chi connectivity index (χ1v) is 9.28. The molecule has 0 spiro atoms. The fourth-order valence-corrected chi connectivity index (χ4v) is 4.75. The van der Waals surface area contributed by atoms with Crippen LogP contribution in [-0.4, -0.2) is 42.1 Å². The van der Waals surface area contributed by atoms with E-state index in [2.05, 4.69) is 13.8 Å². The van der Waals surface area contributed by atoms with Gasteiger partial charge in [0, 0.05) is 19.1 Å². The first-order chi connectivity index (χ1) is 10.6. The summed E-state index contributed by atoms with van der Waals surface area (Å²) in [6, 6.07) is 0.294. The molecule has 6 unspecified atom stereocenters. The number of fused-ring (bicyclic) bond motifs is 1. The summed E-state index contributed by atoms with van der Waals surface area (Å²) >= 11 is 0. The molecule has 3 fully saturated rings. The molecule has 126 valence electrons. The zero-order valence-electron chi connectivity index (χ0n) is 14.2. The molecule has 3 aliphatic rings. The highest BCUT2D eigenvalue weighted by atomic mass is 16.5. The molecule has 4 heteroatoms. The molecule has 2 aliphatic carbocycles. The smallest absolute Gasteiger partial charge is 0.251 e. The van der Waals surface area contributed by atoms with E-state index in [9.17, 15) is 4.79 Å². The van der Waals surface area contributed by atoms with E-state index in [0.717, 1.165) is 44.7 Å². The van der Waals surface area contributed by atoms with Crippen molar-refractivity contribution in [3.05, 3.63) is 0 Å². The summed E-state index contributed by atoms with van der Waals surface area (Å²) in [4.78, 5) is 14.9. The van der Waals surface area contributed by atoms with Crippen molar-refractivity contribution in [2.24, 2.45) is 23.5 Å². The first kappa shape index (κ1) is 16.3. The number of hydrogen-bond acceptors (Lipinski definition) is 3. The Kier molecular flexibility index (Phi) is 5.08. The van der Waals surface area contributed by atoms with E-state index >= 15 is 0 Å². The zero-order chi connectivity index (χ0) is 15.7. The fourth-order valence-electron chi connectivity index (χ4n) is 4.75. The van der Waals surface area contributed by atoms with Gasteiger partial charge in [-0.15, -0.1) is 0 Å². The quantitative estimate of drug-likeness (QED) is 0.868. The normalized spacial score (nSPS) is 39.8. The second-order valence-corrected chi connectivity index (χ2v) is 7.84. The lowest BCUT2D eigenvalue weighted by atomic mass is 9.88. The second-order valence-electron chi connectivity index (χ2n) is 7.84. The van der Waals surface area contributed by atoms with Crippen molar-refractivity contribution in [2.75, 3.05) is 13.1 Å². The predicted octanol–water partition coefficient (Wildman–Crippen LogP) is 2.56. The van der Waals surface area contributed by atoms with Gasteiger partial charge in [-0.1, -0.05) is 26.7 Å². The van der Waals surface area contributed by atoms with Gasteiger partial charge in [0.2, 0.25) is 0 Å². The molecule has 1 aliphatic heterocycles. The second kappa shape index (κ2) is 6.88. The minimum absolute atomic E-state index is 0.210. The minimum Gasteiger partial charge on any atom is -0.365 e. The number of ether oxygens (including phenoxy) is 1. The maximum absolute atomic E-state index is 12.8. The Morgan fingerprint density at radius 2 is 2.09 bits per heavy atom. The molecular formula is C18H32N2O2. The molecule has 1 amide bonds. The van der Waals surface area contributed by atoms with Crippen molar-refractivity contribution in [2.45, 2.75) is 77.0 Å². The van der Waals surface area contributed by atoms with Gasteiger partial charge in [-0.2, -0.15) is 0 Å². The summed E-state index contributed by atoms with van der Waals surface area (Å²) in [5.41, 5.74) is 6.19. The topological polar surface area (TPSA) is 55.6 Å². The van der Waals surface area contributed by atoms with Crippen LogP contribution in [0.3, 0.4) is 0 Å². The van der Waals surface area contributed by atoms with Crippen LogP contribution in [0.2, 0.25) is 0 Å². The Bertz CT molecular complexity index is 401. The van der Waals surface area contributed by atoms with Gasteiger partial charge in [0.25, 0.3) is 5.91 Å². The highest BCUT2D eigenvalue weighted by Gasteiger charge is 2.43. The molecule has 22 heavy (non-hydrogen) atoms. The Balaban J connectivity index is 1.55. The summed E-state index contributed by atoms with van der Waals surface area (Å²) in [6.07, 6.45) is 7.90. The monoisotopic (exact) mass is 308 g/mol. The lowest BCUT2D eigenvalue weighted by Crippen LogP contribution is -2.42. The Hall–Kier alpha value is -0.610. The maximum Gasteiger partial charge on any atom is 0.251 e. The lowest BCUT2D eigenvalue weighted by molar-refractivity contribution is -0.149. The van der Waals surface area contributed by atoms with Crippen molar-refractivity contribution >= 4 is 5.91 Å². The average molecular weight is 308 g/mol. The van der Waals surface area contributed by atoms with Crippen molar-refractivity contribution in [3.63, 3.8) is 0 Å². The highest BCUT2D eigenvalue weighted by molar-refractivity contribution is 5.81. The number of carbonyl (C=O) groups is 1. The molecule has 0 radical (unpaired) electrons. The third-order valence-electron chi connectivity index (χ3n) is 6.12. The molecule has 0 aromatic rings. The molecule has 3 rings (SSSR count). The van der Waals surface area contributed by atoms with E-state index in [-0.39, 0.29) is 18.1 Å². The van der Waals surface area contributed by atoms with Gasteiger partial charge in [-0.3, -0.25) is 4.79 Å². The van der Waals surface area contributed by atoms with Gasteiger partial charge in [0.1, 0.15) is 6.10 Å². The van der Waals surface area contributed by atoms with Crippen LogP contribution < -0.4 is 5.73 Å². The molecule has 6 atom stereocenters. The van der Waals surface area contributed by atoms with Crippen LogP contribution in [0, 0.1) is 17.8 Å². The highest BCUT2D eigenvalue weighted by Crippen LogP contribution is 2.37. The summed E-state index contributed by atoms with van der Waals surface area (Å²) in [5.74, 6) is 2.10. The number of hydrogen-bond donors (Lipinski definition) is 1. The van der Waals surface area contributed by atoms with E-state index in [1.807, 2.05) is 4.90 Å². The van der Waals surface area contributed by atoms with Crippen molar-refractivity contribution < 1.29 is 9.53 Å². The van der Waals surface area contributed by atoms with Gasteiger partial charge < -0.3 is 15.4 Å². The summed E-state index contributed by atoms with van der Waals surface area (Å²) in [7, 11) is 0. The van der Waals surface area contributed by atoms with Crippen LogP contribution >= 0.6 is 0 Å². The molecule has 0 bridgehead atoms. The SMILES string of the molecule is CCC(OC1CCCC(C)C1)C(=O)N1CC2CCC(N)C2C1. The largest absolute Gasteiger partial charge is 0.365 e. The van der Waals surface area contributed by atoms with Crippen LogP contribution in [0.25, 0.3) is 0 Å². The molecule has 2 N–H and O–H groups in total. The van der Waals surface area contributed by atoms with Gasteiger partial charge in [-0.25, -0.2) is 0 Å². The van der Waals surface area contributed by atoms with E-state index in [4.69, 9.17) is 10.5 Å². The van der Waals surface area contributed by atoms with E-state index in [1.54, 1.807) is 0 Å². The Morgan fingerprint density at radius 3 is 2.77 bits per heavy atom. The van der Waals surface area contributed by atoms with Crippen molar-refractivity contribution in [1.82, 2.24) is 4.90 Å². The third-order valence-corrected chi connectivity index (χ3v) is 6.12. The van der Waals surface area contributed by atoms with E-state index in [0.29, 0.717) is 17.9 Å². The lowest BCUT2D eigenvalue weighted by Gasteiger charge is -2.31. The number of carbonyl (C=O) groups excluding carboxylic acids is 1. The molecule has 0 aromatic carbocycles. The predicted molar refractivity (Wildman–Crippen MR) is 87.4 cm³/mol. The fraction of sp³-hybridized carbons (Fsp3) is 0.944. The summed E-state index contributed by atoms with van der Waals surface area (Å²) in [6.45, 7) is 6.11. The first-order valence-electron chi connectivity index (χ1n) is 9.28. The number of likely N-dealkylation sites (tertiary alicyclic amines) is 1. The van der Waals surface area contributed by atoms with Gasteiger partial charge in [0.15, 0.2) is 0 Å². The molecule has 2 saturated carbocycles. The van der Waals surface area contributed by atoms with Crippen LogP contribution in [0.5, 0.6) is 0 Å². The Morgan fingerprint density at radius 1 is 1.27 bits per heavy atom. The Labute approximate surface area is 134 Å². The van der Waals surface area contributed by atoms with E-state index in [1.165, 1.54) is 19.3 Å². The molecule has 1 saturated heterocycles.